The first-order valence-corrected chi connectivity index (χ1v) is 25.9. The van der Waals surface area contributed by atoms with Gasteiger partial charge in [-0.2, -0.15) is 0 Å². The number of hydrogen-bond donors (Lipinski definition) is 1. The van der Waals surface area contributed by atoms with Gasteiger partial charge in [-0.25, -0.2) is 0 Å². The van der Waals surface area contributed by atoms with Crippen molar-refractivity contribution in [2.75, 3.05) is 6.61 Å². The van der Waals surface area contributed by atoms with Crippen LogP contribution in [0.15, 0.2) is 34.2 Å². The van der Waals surface area contributed by atoms with Crippen LogP contribution in [-0.2, 0) is 17.0 Å². The van der Waals surface area contributed by atoms with Crippen molar-refractivity contribution in [1.29, 1.82) is 0 Å². The van der Waals surface area contributed by atoms with Gasteiger partial charge < -0.3 is 5.11 Å². The van der Waals surface area contributed by atoms with Gasteiger partial charge in [0.25, 0.3) is 0 Å². The van der Waals surface area contributed by atoms with Crippen molar-refractivity contribution in [3.8, 4) is 0 Å². The fourth-order valence-electron chi connectivity index (χ4n) is 1.47. The van der Waals surface area contributed by atoms with Crippen LogP contribution in [0.4, 0.5) is 0 Å². The summed E-state index contributed by atoms with van der Waals surface area (Å²) in [5.41, 5.74) is 0. The van der Waals surface area contributed by atoms with E-state index < -0.39 is 17.0 Å². The standard InChI is InChI=1S/C5H5.C4H8O.5CH3.Hf/c1-2-4-5-3-1;1-2-3-4-5;;;;;;/h1-3H,4H2;2,5H,1,3-4H2;5*1H3;. The van der Waals surface area contributed by atoms with Crippen molar-refractivity contribution >= 4 is 0 Å². The molecule has 16 heavy (non-hydrogen) atoms. The Kier molecular flexibility index (Phi) is 4.75. The SMILES string of the molecule is C=CCCO.[CH3][Hf]([CH3])([CH3])([CH3])([CH3])[C]1=CC=CC1. The molecule has 0 radical (unpaired) electrons. The average Bonchev–Trinajstić information content (AvgIpc) is 2.54. The molecule has 0 saturated heterocycles. The molecule has 0 saturated carbocycles. The van der Waals surface area contributed by atoms with E-state index in [1.807, 2.05) is 0 Å². The zero-order chi connectivity index (χ0) is 12.9. The number of aliphatic hydroxyl groups excluding tert-OH is 1. The summed E-state index contributed by atoms with van der Waals surface area (Å²) in [4.78, 5) is 0. The Labute approximate surface area is 98.9 Å². The van der Waals surface area contributed by atoms with E-state index in [0.29, 0.717) is 6.42 Å². The summed E-state index contributed by atoms with van der Waals surface area (Å²) in [6.45, 7) is 3.62. The predicted molar refractivity (Wildman–Crippen MR) is 73.1 cm³/mol. The summed E-state index contributed by atoms with van der Waals surface area (Å²) in [5, 5.41) is 8.00. The fraction of sp³-hybridized carbons (Fsp3) is 0.571. The van der Waals surface area contributed by atoms with Crippen LogP contribution in [0.1, 0.15) is 12.8 Å². The number of allylic oxidation sites excluding steroid dienone is 4. The molecular weight excluding hydrogens is 363 g/mol. The van der Waals surface area contributed by atoms with E-state index in [-0.39, 0.29) is 6.61 Å². The van der Waals surface area contributed by atoms with Gasteiger partial charge in [0.1, 0.15) is 0 Å². The normalized spacial score (nSPS) is 19.0. The van der Waals surface area contributed by atoms with E-state index in [1.54, 1.807) is 9.41 Å². The quantitative estimate of drug-likeness (QED) is 0.539. The van der Waals surface area contributed by atoms with Crippen LogP contribution >= 0.6 is 0 Å². The molecule has 0 aromatic rings. The van der Waals surface area contributed by atoms with Gasteiger partial charge in [0.05, 0.1) is 0 Å². The Bertz CT molecular complexity index is 300. The topological polar surface area (TPSA) is 20.2 Å². The molecule has 0 aromatic carbocycles. The molecular formula is C14H28HfO. The molecule has 1 rings (SSSR count). The van der Waals surface area contributed by atoms with Crippen LogP contribution < -0.4 is 0 Å². The van der Waals surface area contributed by atoms with E-state index in [2.05, 4.69) is 48.2 Å². The second kappa shape index (κ2) is 4.73. The number of rotatable bonds is 3. The zero-order valence-electron chi connectivity index (χ0n) is 11.6. The van der Waals surface area contributed by atoms with Crippen molar-refractivity contribution in [2.45, 2.75) is 36.2 Å². The molecule has 1 N–H and O–H groups in total. The minimum atomic E-state index is -2.87. The molecule has 1 aliphatic carbocycles. The van der Waals surface area contributed by atoms with E-state index >= 15 is 0 Å². The van der Waals surface area contributed by atoms with Gasteiger partial charge in [-0.05, 0) is 6.42 Å². The molecule has 0 bridgehead atoms. The van der Waals surface area contributed by atoms with E-state index in [9.17, 15) is 0 Å². The van der Waals surface area contributed by atoms with Crippen molar-refractivity contribution in [2.24, 2.45) is 0 Å². The van der Waals surface area contributed by atoms with Gasteiger partial charge in [-0.3, -0.25) is 0 Å². The molecule has 94 valence electrons. The Morgan fingerprint density at radius 1 is 1.31 bits per heavy atom. The first kappa shape index (κ1) is 16.1. The summed E-state index contributed by atoms with van der Waals surface area (Å²) in [5.74, 6) is 0. The second-order valence-corrected chi connectivity index (χ2v) is 55.6. The van der Waals surface area contributed by atoms with Crippen LogP contribution in [0.3, 0.4) is 0 Å². The Balaban J connectivity index is 0.000000385. The van der Waals surface area contributed by atoms with Crippen molar-refractivity contribution < 1.29 is 22.1 Å². The van der Waals surface area contributed by atoms with Gasteiger partial charge in [0.2, 0.25) is 0 Å². The molecule has 0 amide bonds. The molecule has 0 unspecified atom stereocenters. The fourth-order valence-corrected chi connectivity index (χ4v) is 8.90. The Morgan fingerprint density at radius 2 is 1.88 bits per heavy atom. The van der Waals surface area contributed by atoms with Crippen molar-refractivity contribution in [1.82, 2.24) is 0 Å². The molecule has 0 fully saturated rings. The molecule has 0 heterocycles. The summed E-state index contributed by atoms with van der Waals surface area (Å²) >= 11 is -2.87. The predicted octanol–water partition coefficient (Wildman–Crippen LogP) is 4.85. The Hall–Kier alpha value is 0.0501. The van der Waals surface area contributed by atoms with E-state index in [1.165, 1.54) is 6.42 Å². The maximum absolute atomic E-state index is 8.00. The third-order valence-corrected chi connectivity index (χ3v) is 15.6. The third-order valence-electron chi connectivity index (χ3n) is 2.71. The summed E-state index contributed by atoms with van der Waals surface area (Å²) in [6, 6.07) is 0. The molecule has 2 heteroatoms. The molecule has 0 spiro atoms. The number of aliphatic hydroxyl groups is 1. The van der Waals surface area contributed by atoms with Gasteiger partial charge in [-0.1, -0.05) is 6.08 Å². The van der Waals surface area contributed by atoms with Crippen LogP contribution in [-0.4, -0.2) is 11.7 Å². The van der Waals surface area contributed by atoms with Crippen molar-refractivity contribution in [3.05, 3.63) is 34.2 Å². The minimum absolute atomic E-state index is 0.226. The van der Waals surface area contributed by atoms with Gasteiger partial charge in [0, 0.05) is 6.61 Å². The van der Waals surface area contributed by atoms with Crippen LogP contribution in [0.2, 0.25) is 23.4 Å². The van der Waals surface area contributed by atoms with Crippen LogP contribution in [0.5, 0.6) is 0 Å². The number of hydrogen-bond acceptors (Lipinski definition) is 1. The molecule has 1 aliphatic rings. The van der Waals surface area contributed by atoms with Gasteiger partial charge in [0.15, 0.2) is 0 Å². The first-order valence-electron chi connectivity index (χ1n) is 6.10. The monoisotopic (exact) mass is 392 g/mol. The van der Waals surface area contributed by atoms with E-state index in [4.69, 9.17) is 5.11 Å². The van der Waals surface area contributed by atoms with Gasteiger partial charge in [-0.15, -0.1) is 6.58 Å². The van der Waals surface area contributed by atoms with E-state index in [0.717, 1.165) is 0 Å². The Morgan fingerprint density at radius 3 is 2.00 bits per heavy atom. The summed E-state index contributed by atoms with van der Waals surface area (Å²) < 4.78 is 14.3. The van der Waals surface area contributed by atoms with Crippen LogP contribution in [0, 0.1) is 0 Å². The first-order chi connectivity index (χ1) is 7.01. The molecule has 1 nitrogen and oxygen atoms in total. The molecule has 0 aromatic heterocycles. The second-order valence-electron chi connectivity index (χ2n) is 8.38. The molecule has 0 aliphatic heterocycles. The van der Waals surface area contributed by atoms with Crippen molar-refractivity contribution in [3.63, 3.8) is 0 Å². The zero-order valence-corrected chi connectivity index (χ0v) is 15.2. The third kappa shape index (κ3) is 6.59. The maximum atomic E-state index is 8.00. The average molecular weight is 391 g/mol. The van der Waals surface area contributed by atoms with Gasteiger partial charge >= 0.3 is 68.4 Å². The summed E-state index contributed by atoms with van der Waals surface area (Å²) in [7, 11) is 0. The molecule has 0 atom stereocenters. The summed E-state index contributed by atoms with van der Waals surface area (Å²) in [6.07, 6.45) is 10.4. The van der Waals surface area contributed by atoms with Crippen LogP contribution in [0.25, 0.3) is 0 Å².